The van der Waals surface area contributed by atoms with Crippen LogP contribution in [0.2, 0.25) is 0 Å². The van der Waals surface area contributed by atoms with Crippen LogP contribution in [0.5, 0.6) is 17.2 Å². The van der Waals surface area contributed by atoms with Gasteiger partial charge in [0.25, 0.3) is 0 Å². The largest absolute Gasteiger partial charge is 0.493 e. The Morgan fingerprint density at radius 1 is 1.22 bits per heavy atom. The average Bonchev–Trinajstić information content (AvgIpc) is 3.48. The Labute approximate surface area is 159 Å². The van der Waals surface area contributed by atoms with Gasteiger partial charge in [-0.1, -0.05) is 6.08 Å². The predicted molar refractivity (Wildman–Crippen MR) is 105 cm³/mol. The maximum absolute atomic E-state index is 6.31. The molecule has 0 spiro atoms. The topological polar surface area (TPSA) is 106 Å². The molecule has 144 valence electrons. The zero-order valence-electron chi connectivity index (χ0n) is 15.8. The van der Waals surface area contributed by atoms with Crippen molar-refractivity contribution >= 4 is 11.8 Å². The lowest BCUT2D eigenvalue weighted by Crippen LogP contribution is -2.18. The Balaban J connectivity index is 1.93. The number of hydrogen-bond donors (Lipinski definition) is 2. The van der Waals surface area contributed by atoms with Crippen LogP contribution in [0.4, 0.5) is 11.8 Å². The highest BCUT2D eigenvalue weighted by molar-refractivity contribution is 5.55. The Bertz CT molecular complexity index is 821. The molecule has 0 saturated heterocycles. The van der Waals surface area contributed by atoms with E-state index in [1.165, 1.54) is 12.8 Å². The summed E-state index contributed by atoms with van der Waals surface area (Å²) in [6, 6.07) is 3.86. The summed E-state index contributed by atoms with van der Waals surface area (Å²) in [5.41, 5.74) is 13.3. The first-order chi connectivity index (χ1) is 13.0. The summed E-state index contributed by atoms with van der Waals surface area (Å²) in [5, 5.41) is 0. The van der Waals surface area contributed by atoms with Crippen molar-refractivity contribution < 1.29 is 14.2 Å². The van der Waals surface area contributed by atoms with Gasteiger partial charge < -0.3 is 25.7 Å². The van der Waals surface area contributed by atoms with Gasteiger partial charge in [0.05, 0.1) is 14.2 Å². The molecule has 1 aliphatic carbocycles. The number of methoxy groups -OCH3 is 2. The lowest BCUT2D eigenvalue weighted by molar-refractivity contribution is 0.172. The van der Waals surface area contributed by atoms with Gasteiger partial charge in [-0.3, -0.25) is 0 Å². The van der Waals surface area contributed by atoms with Crippen LogP contribution in [0.25, 0.3) is 0 Å². The smallest absolute Gasteiger partial charge is 0.221 e. The third-order valence-corrected chi connectivity index (χ3v) is 4.64. The first kappa shape index (κ1) is 18.8. The van der Waals surface area contributed by atoms with Gasteiger partial charge in [-0.25, -0.2) is 4.98 Å². The number of aromatic nitrogens is 2. The number of hydrogen-bond acceptors (Lipinski definition) is 7. The quantitative estimate of drug-likeness (QED) is 0.654. The molecule has 4 N–H and O–H groups in total. The second-order valence-electron chi connectivity index (χ2n) is 6.66. The van der Waals surface area contributed by atoms with Crippen LogP contribution < -0.4 is 25.7 Å². The van der Waals surface area contributed by atoms with E-state index in [0.29, 0.717) is 35.4 Å². The van der Waals surface area contributed by atoms with Gasteiger partial charge in [-0.2, -0.15) is 4.98 Å². The molecule has 1 aromatic heterocycles. The number of anilines is 2. The minimum Gasteiger partial charge on any atom is -0.493 e. The Kier molecular flexibility index (Phi) is 5.69. The minimum atomic E-state index is 0.0845. The summed E-state index contributed by atoms with van der Waals surface area (Å²) in [4.78, 5) is 8.05. The summed E-state index contributed by atoms with van der Waals surface area (Å²) >= 11 is 0. The molecule has 1 aromatic carbocycles. The molecule has 0 unspecified atom stereocenters. The molecule has 3 rings (SSSR count). The highest BCUT2D eigenvalue weighted by Gasteiger charge is 2.33. The van der Waals surface area contributed by atoms with Crippen molar-refractivity contribution in [3.8, 4) is 17.2 Å². The van der Waals surface area contributed by atoms with E-state index in [-0.39, 0.29) is 12.1 Å². The Morgan fingerprint density at radius 2 is 1.96 bits per heavy atom. The van der Waals surface area contributed by atoms with E-state index >= 15 is 0 Å². The number of nitrogens with two attached hydrogens (primary N) is 2. The normalized spacial score (nSPS) is 14.4. The SMILES string of the molecule is C=CC[C@H](Oc1cc(Cc2cnc(N)nc2N)cc(OC)c1OC)C1CC1. The number of nitrogens with zero attached hydrogens (tertiary/aromatic N) is 2. The molecule has 1 heterocycles. The molecule has 0 bridgehead atoms. The minimum absolute atomic E-state index is 0.0845. The van der Waals surface area contributed by atoms with Gasteiger partial charge in [0.15, 0.2) is 11.5 Å². The zero-order chi connectivity index (χ0) is 19.4. The van der Waals surface area contributed by atoms with E-state index in [2.05, 4.69) is 16.5 Å². The molecular formula is C20H26N4O3. The van der Waals surface area contributed by atoms with Gasteiger partial charge >= 0.3 is 0 Å². The summed E-state index contributed by atoms with van der Waals surface area (Å²) in [6.45, 7) is 3.84. The molecule has 0 amide bonds. The average molecular weight is 370 g/mol. The van der Waals surface area contributed by atoms with Gasteiger partial charge in [0.1, 0.15) is 11.9 Å². The van der Waals surface area contributed by atoms with Crippen molar-refractivity contribution in [1.29, 1.82) is 0 Å². The van der Waals surface area contributed by atoms with Gasteiger partial charge in [0, 0.05) is 24.6 Å². The van der Waals surface area contributed by atoms with Crippen LogP contribution in [0.3, 0.4) is 0 Å². The molecule has 0 aliphatic heterocycles. The fourth-order valence-electron chi connectivity index (χ4n) is 3.10. The van der Waals surface area contributed by atoms with Crippen LogP contribution in [0, 0.1) is 5.92 Å². The molecule has 1 aliphatic rings. The van der Waals surface area contributed by atoms with E-state index in [1.807, 2.05) is 18.2 Å². The van der Waals surface area contributed by atoms with E-state index in [0.717, 1.165) is 17.5 Å². The second kappa shape index (κ2) is 8.16. The molecule has 7 heteroatoms. The van der Waals surface area contributed by atoms with E-state index in [4.69, 9.17) is 25.7 Å². The van der Waals surface area contributed by atoms with Gasteiger partial charge in [-0.05, 0) is 36.5 Å². The fourth-order valence-corrected chi connectivity index (χ4v) is 3.10. The maximum Gasteiger partial charge on any atom is 0.221 e. The second-order valence-corrected chi connectivity index (χ2v) is 6.66. The van der Waals surface area contributed by atoms with E-state index in [9.17, 15) is 0 Å². The predicted octanol–water partition coefficient (Wildman–Crippen LogP) is 2.98. The summed E-state index contributed by atoms with van der Waals surface area (Å²) < 4.78 is 17.4. The summed E-state index contributed by atoms with van der Waals surface area (Å²) in [5.74, 6) is 2.92. The van der Waals surface area contributed by atoms with Crippen LogP contribution in [0.15, 0.2) is 31.0 Å². The number of ether oxygens (including phenoxy) is 3. The highest BCUT2D eigenvalue weighted by atomic mass is 16.5. The molecule has 1 saturated carbocycles. The van der Waals surface area contributed by atoms with Crippen molar-refractivity contribution in [2.45, 2.75) is 31.8 Å². The van der Waals surface area contributed by atoms with Crippen LogP contribution in [-0.2, 0) is 6.42 Å². The van der Waals surface area contributed by atoms with Gasteiger partial charge in [-0.15, -0.1) is 6.58 Å². The third kappa shape index (κ3) is 4.42. The highest BCUT2D eigenvalue weighted by Crippen LogP contribution is 2.43. The standard InChI is InChI=1S/C20H26N4O3/c1-4-5-15(13-6-7-13)27-17-10-12(9-16(25-2)18(17)26-3)8-14-11-23-20(22)24-19(14)21/h4,9-11,13,15H,1,5-8H2,2-3H3,(H4,21,22,23,24)/t15-/m0/s1. The lowest BCUT2D eigenvalue weighted by atomic mass is 10.1. The van der Waals surface area contributed by atoms with Crippen molar-refractivity contribution in [2.24, 2.45) is 5.92 Å². The molecule has 7 nitrogen and oxygen atoms in total. The Morgan fingerprint density at radius 3 is 2.56 bits per heavy atom. The first-order valence-electron chi connectivity index (χ1n) is 8.95. The zero-order valence-corrected chi connectivity index (χ0v) is 15.8. The molecule has 0 radical (unpaired) electrons. The molecule has 1 fully saturated rings. The van der Waals surface area contributed by atoms with Gasteiger partial charge in [0.2, 0.25) is 11.7 Å². The lowest BCUT2D eigenvalue weighted by Gasteiger charge is -2.21. The molecule has 27 heavy (non-hydrogen) atoms. The van der Waals surface area contributed by atoms with Crippen molar-refractivity contribution in [1.82, 2.24) is 9.97 Å². The van der Waals surface area contributed by atoms with Crippen molar-refractivity contribution in [3.05, 3.63) is 42.1 Å². The molecule has 1 atom stereocenters. The van der Waals surface area contributed by atoms with Crippen LogP contribution in [0.1, 0.15) is 30.4 Å². The Hall–Kier alpha value is -2.96. The number of rotatable bonds is 9. The van der Waals surface area contributed by atoms with Crippen LogP contribution in [-0.4, -0.2) is 30.3 Å². The van der Waals surface area contributed by atoms with E-state index < -0.39 is 0 Å². The fraction of sp³-hybridized carbons (Fsp3) is 0.400. The summed E-state index contributed by atoms with van der Waals surface area (Å²) in [6.07, 6.45) is 7.29. The van der Waals surface area contributed by atoms with E-state index in [1.54, 1.807) is 20.4 Å². The number of benzene rings is 1. The molecular weight excluding hydrogens is 344 g/mol. The maximum atomic E-state index is 6.31. The third-order valence-electron chi connectivity index (χ3n) is 4.64. The first-order valence-corrected chi connectivity index (χ1v) is 8.95. The molecule has 2 aromatic rings. The van der Waals surface area contributed by atoms with Crippen molar-refractivity contribution in [2.75, 3.05) is 25.7 Å². The number of nitrogen functional groups attached to an aromatic ring is 2. The monoisotopic (exact) mass is 370 g/mol. The summed E-state index contributed by atoms with van der Waals surface area (Å²) in [7, 11) is 3.21. The van der Waals surface area contributed by atoms with Crippen LogP contribution >= 0.6 is 0 Å². The van der Waals surface area contributed by atoms with Crippen molar-refractivity contribution in [3.63, 3.8) is 0 Å².